The van der Waals surface area contributed by atoms with E-state index in [1.54, 1.807) is 41.6 Å². The lowest BCUT2D eigenvalue weighted by Crippen LogP contribution is -2.49. The van der Waals surface area contributed by atoms with Crippen molar-refractivity contribution >= 4 is 29.2 Å². The topological polar surface area (TPSA) is 159 Å². The van der Waals surface area contributed by atoms with Gasteiger partial charge in [0.25, 0.3) is 5.91 Å². The third kappa shape index (κ3) is 5.93. The number of piperazine rings is 1. The third-order valence-electron chi connectivity index (χ3n) is 6.27. The van der Waals surface area contributed by atoms with Crippen LogP contribution in [0.5, 0.6) is 5.75 Å². The second kappa shape index (κ2) is 10.9. The first-order valence-electron chi connectivity index (χ1n) is 12.4. The number of carbonyl (C=O) groups is 1. The summed E-state index contributed by atoms with van der Waals surface area (Å²) < 4.78 is 5.79. The molecule has 11 nitrogen and oxygen atoms in total. The molecular formula is C27H34N8O3. The number of nitrogens with zero attached hydrogens (tertiary/aromatic N) is 6. The number of para-hydroxylation sites is 1. The van der Waals surface area contributed by atoms with Crippen LogP contribution < -0.4 is 16.4 Å². The van der Waals surface area contributed by atoms with Crippen molar-refractivity contribution in [3.8, 4) is 5.75 Å². The Morgan fingerprint density at radius 1 is 1.03 bits per heavy atom. The van der Waals surface area contributed by atoms with E-state index in [-0.39, 0.29) is 40.0 Å². The molecule has 3 heterocycles. The molecule has 0 unspecified atom stereocenters. The number of aromatic hydroxyl groups is 1. The van der Waals surface area contributed by atoms with Gasteiger partial charge in [-0.05, 0) is 42.7 Å². The molecule has 1 atom stereocenters. The van der Waals surface area contributed by atoms with Gasteiger partial charge in [-0.1, -0.05) is 26.8 Å². The van der Waals surface area contributed by atoms with Crippen molar-refractivity contribution < 1.29 is 14.3 Å². The maximum atomic E-state index is 13.2. The van der Waals surface area contributed by atoms with Crippen LogP contribution in [0.4, 0.5) is 11.6 Å². The predicted molar refractivity (Wildman–Crippen MR) is 147 cm³/mol. The van der Waals surface area contributed by atoms with Crippen molar-refractivity contribution in [2.24, 2.45) is 26.9 Å². The average Bonchev–Trinajstić information content (AvgIpc) is 3.33. The molecular weight excluding hydrogens is 484 g/mol. The van der Waals surface area contributed by atoms with Crippen molar-refractivity contribution in [2.45, 2.75) is 33.7 Å². The monoisotopic (exact) mass is 518 g/mol. The van der Waals surface area contributed by atoms with Gasteiger partial charge in [0, 0.05) is 38.6 Å². The van der Waals surface area contributed by atoms with Gasteiger partial charge in [0.1, 0.15) is 23.2 Å². The largest absolute Gasteiger partial charge is 0.505 e. The van der Waals surface area contributed by atoms with E-state index in [0.717, 1.165) is 5.76 Å². The van der Waals surface area contributed by atoms with Crippen LogP contribution in [0, 0.1) is 12.3 Å². The van der Waals surface area contributed by atoms with E-state index >= 15 is 0 Å². The number of amides is 1. The van der Waals surface area contributed by atoms with Crippen LogP contribution >= 0.6 is 0 Å². The number of phenolic OH excluding ortho intramolecular Hbond substituents is 1. The standard InChI is InChI=1S/C27H34N8O3/c1-17-9-10-20(38-17)22(27(2,3)4)33-24(29)23(28)32-19-8-5-7-18(21(19)36)25(37)34-13-15-35(16-14-34)26-30-11-6-12-31-26/h5-12,22,36H,13-16H2,1-4H3,(H2,28,32)(H2,29,33)/t22-/m0/s1. The summed E-state index contributed by atoms with van der Waals surface area (Å²) in [4.78, 5) is 34.3. The van der Waals surface area contributed by atoms with Crippen LogP contribution in [0.1, 0.15) is 48.7 Å². The van der Waals surface area contributed by atoms with Gasteiger partial charge in [0.2, 0.25) is 5.95 Å². The van der Waals surface area contributed by atoms with Gasteiger partial charge >= 0.3 is 0 Å². The Bertz CT molecular complexity index is 1340. The zero-order valence-corrected chi connectivity index (χ0v) is 22.1. The van der Waals surface area contributed by atoms with Gasteiger partial charge in [0.15, 0.2) is 17.4 Å². The molecule has 1 saturated heterocycles. The molecule has 0 spiro atoms. The summed E-state index contributed by atoms with van der Waals surface area (Å²) in [5.41, 5.74) is 12.3. The first-order valence-corrected chi connectivity index (χ1v) is 12.4. The molecule has 1 fully saturated rings. The average molecular weight is 519 g/mol. The van der Waals surface area contributed by atoms with Crippen molar-refractivity contribution in [2.75, 3.05) is 31.1 Å². The smallest absolute Gasteiger partial charge is 0.257 e. The van der Waals surface area contributed by atoms with Crippen molar-refractivity contribution in [1.29, 1.82) is 0 Å². The molecule has 0 aliphatic carbocycles. The minimum atomic E-state index is -0.397. The Balaban J connectivity index is 1.51. The molecule has 0 radical (unpaired) electrons. The Morgan fingerprint density at radius 2 is 1.71 bits per heavy atom. The maximum absolute atomic E-state index is 13.2. The molecule has 0 saturated carbocycles. The third-order valence-corrected chi connectivity index (χ3v) is 6.27. The number of carbonyl (C=O) groups excluding carboxylic acids is 1. The number of amidine groups is 2. The first kappa shape index (κ1) is 26.6. The van der Waals surface area contributed by atoms with E-state index in [0.29, 0.717) is 37.9 Å². The molecule has 38 heavy (non-hydrogen) atoms. The molecule has 1 aromatic carbocycles. The maximum Gasteiger partial charge on any atom is 0.257 e. The molecule has 1 aliphatic rings. The SMILES string of the molecule is Cc1ccc([C@H](N=C(N)C(N)=Nc2cccc(C(=O)N3CCN(c4ncccn4)CC3)c2O)C(C)(C)C)o1. The highest BCUT2D eigenvalue weighted by atomic mass is 16.3. The van der Waals surface area contributed by atoms with Gasteiger partial charge < -0.3 is 30.8 Å². The Hall–Kier alpha value is -4.41. The van der Waals surface area contributed by atoms with E-state index in [9.17, 15) is 9.90 Å². The fourth-order valence-electron chi connectivity index (χ4n) is 4.21. The summed E-state index contributed by atoms with van der Waals surface area (Å²) in [7, 11) is 0. The van der Waals surface area contributed by atoms with E-state index in [1.807, 2.05) is 44.7 Å². The first-order chi connectivity index (χ1) is 18.0. The van der Waals surface area contributed by atoms with Crippen LogP contribution in [0.25, 0.3) is 0 Å². The van der Waals surface area contributed by atoms with Crippen LogP contribution in [0.3, 0.4) is 0 Å². The number of benzene rings is 1. The molecule has 1 aliphatic heterocycles. The lowest BCUT2D eigenvalue weighted by molar-refractivity contribution is 0.0743. The molecule has 1 amide bonds. The van der Waals surface area contributed by atoms with E-state index in [2.05, 4.69) is 20.0 Å². The summed E-state index contributed by atoms with van der Waals surface area (Å²) in [5.74, 6) is 1.44. The minimum Gasteiger partial charge on any atom is -0.505 e. The fourth-order valence-corrected chi connectivity index (χ4v) is 4.21. The summed E-state index contributed by atoms with van der Waals surface area (Å²) in [6.45, 7) is 10.0. The number of aryl methyl sites for hydroxylation is 1. The highest BCUT2D eigenvalue weighted by molar-refractivity contribution is 6.39. The number of furan rings is 1. The summed E-state index contributed by atoms with van der Waals surface area (Å²) in [6, 6.07) is 9.86. The van der Waals surface area contributed by atoms with Crippen LogP contribution in [-0.2, 0) is 0 Å². The molecule has 4 rings (SSSR count). The van der Waals surface area contributed by atoms with Gasteiger partial charge in [0.05, 0.1) is 5.56 Å². The number of aromatic nitrogens is 2. The quantitative estimate of drug-likeness (QED) is 0.343. The molecule has 2 aromatic heterocycles. The van der Waals surface area contributed by atoms with Gasteiger partial charge in [-0.25, -0.2) is 15.0 Å². The number of hydrogen-bond donors (Lipinski definition) is 3. The highest BCUT2D eigenvalue weighted by Gasteiger charge is 2.30. The van der Waals surface area contributed by atoms with E-state index in [1.165, 1.54) is 0 Å². The van der Waals surface area contributed by atoms with Crippen molar-refractivity contribution in [3.63, 3.8) is 0 Å². The second-order valence-electron chi connectivity index (χ2n) is 10.2. The van der Waals surface area contributed by atoms with Crippen molar-refractivity contribution in [3.05, 3.63) is 65.9 Å². The van der Waals surface area contributed by atoms with E-state index < -0.39 is 6.04 Å². The number of rotatable bonds is 5. The van der Waals surface area contributed by atoms with Gasteiger partial charge in [-0.15, -0.1) is 0 Å². The van der Waals surface area contributed by atoms with Crippen LogP contribution in [-0.4, -0.2) is 63.7 Å². The predicted octanol–water partition coefficient (Wildman–Crippen LogP) is 3.18. The normalized spacial score (nSPS) is 16.0. The Labute approximate surface area is 221 Å². The molecule has 3 aromatic rings. The zero-order chi connectivity index (χ0) is 27.4. The van der Waals surface area contributed by atoms with Gasteiger partial charge in [-0.3, -0.25) is 9.79 Å². The van der Waals surface area contributed by atoms with Gasteiger partial charge in [-0.2, -0.15) is 0 Å². The number of hydrogen-bond acceptors (Lipinski definition) is 8. The molecule has 200 valence electrons. The lowest BCUT2D eigenvalue weighted by atomic mass is 9.85. The molecule has 0 bridgehead atoms. The number of aliphatic imine (C=N–C) groups is 2. The second-order valence-corrected chi connectivity index (χ2v) is 10.2. The number of phenols is 1. The van der Waals surface area contributed by atoms with E-state index in [4.69, 9.17) is 15.9 Å². The zero-order valence-electron chi connectivity index (χ0n) is 22.1. The lowest BCUT2D eigenvalue weighted by Gasteiger charge is -2.34. The number of anilines is 1. The Kier molecular flexibility index (Phi) is 7.65. The highest BCUT2D eigenvalue weighted by Crippen LogP contribution is 2.37. The van der Waals surface area contributed by atoms with Crippen LogP contribution in [0.15, 0.2) is 63.2 Å². The molecule has 11 heteroatoms. The summed E-state index contributed by atoms with van der Waals surface area (Å²) >= 11 is 0. The summed E-state index contributed by atoms with van der Waals surface area (Å²) in [5, 5.41) is 10.9. The minimum absolute atomic E-state index is 0.00867. The van der Waals surface area contributed by atoms with Crippen molar-refractivity contribution in [1.82, 2.24) is 14.9 Å². The number of nitrogens with two attached hydrogens (primary N) is 2. The summed E-state index contributed by atoms with van der Waals surface area (Å²) in [6.07, 6.45) is 3.38. The van der Waals surface area contributed by atoms with Crippen LogP contribution in [0.2, 0.25) is 0 Å². The Morgan fingerprint density at radius 3 is 2.32 bits per heavy atom. The molecule has 5 N–H and O–H groups in total. The fraction of sp³-hybridized carbons (Fsp3) is 0.370.